The van der Waals surface area contributed by atoms with Crippen molar-refractivity contribution in [2.75, 3.05) is 7.11 Å². The van der Waals surface area contributed by atoms with Crippen LogP contribution in [0.15, 0.2) is 133 Å². The molecule has 0 aliphatic heterocycles. The summed E-state index contributed by atoms with van der Waals surface area (Å²) in [5.74, 6) is 0. The van der Waals surface area contributed by atoms with E-state index >= 15 is 0 Å². The van der Waals surface area contributed by atoms with Crippen LogP contribution < -0.4 is 20.7 Å². The van der Waals surface area contributed by atoms with Crippen molar-refractivity contribution in [1.29, 1.82) is 0 Å². The van der Waals surface area contributed by atoms with Gasteiger partial charge in [0.2, 0.25) is 0 Å². The van der Waals surface area contributed by atoms with Crippen molar-refractivity contribution >= 4 is 45.7 Å². The summed E-state index contributed by atoms with van der Waals surface area (Å²) in [4.78, 5) is 0. The summed E-state index contributed by atoms with van der Waals surface area (Å²) in [6.45, 7) is 7.09. The Balaban J connectivity index is 2.06. The molecule has 0 aliphatic carbocycles. The van der Waals surface area contributed by atoms with Crippen molar-refractivity contribution in [2.24, 2.45) is 0 Å². The third-order valence-electron chi connectivity index (χ3n) is 8.09. The molecule has 0 fully saturated rings. The lowest BCUT2D eigenvalue weighted by Crippen LogP contribution is -2.73. The highest BCUT2D eigenvalue weighted by Crippen LogP contribution is 2.25. The number of benzene rings is 4. The fourth-order valence-electron chi connectivity index (χ4n) is 5.38. The highest BCUT2D eigenvalue weighted by molar-refractivity contribution is 7.09. The van der Waals surface area contributed by atoms with Crippen LogP contribution in [0.25, 0.3) is 0 Å². The van der Waals surface area contributed by atoms with Crippen LogP contribution in [0.1, 0.15) is 20.8 Å². The van der Waals surface area contributed by atoms with Gasteiger partial charge in [0.15, 0.2) is 0 Å². The third-order valence-corrected chi connectivity index (χ3v) is 21.7. The van der Waals surface area contributed by atoms with E-state index in [2.05, 4.69) is 153 Å². The van der Waals surface area contributed by atoms with Crippen molar-refractivity contribution in [3.8, 4) is 0 Å². The Morgan fingerprint density at radius 3 is 1.16 bits per heavy atom. The van der Waals surface area contributed by atoms with Crippen LogP contribution in [-0.4, -0.2) is 32.1 Å². The number of hydrogen-bond donors (Lipinski definition) is 0. The second-order valence-corrected chi connectivity index (χ2v) is 21.6. The van der Waals surface area contributed by atoms with Crippen molar-refractivity contribution in [3.05, 3.63) is 133 Å². The Bertz CT molecular complexity index is 1190. The van der Waals surface area contributed by atoms with Crippen molar-refractivity contribution in [2.45, 2.75) is 38.9 Å². The monoisotopic (exact) mass is 552 g/mol. The molecule has 0 aromatic heterocycles. The zero-order valence-corrected chi connectivity index (χ0v) is 26.1. The molecule has 0 atom stereocenters. The Hall–Kier alpha value is -2.81. The molecule has 0 saturated carbocycles. The van der Waals surface area contributed by atoms with E-state index in [1.165, 1.54) is 28.5 Å². The summed E-state index contributed by atoms with van der Waals surface area (Å²) in [6, 6.07) is 46.6. The van der Waals surface area contributed by atoms with Gasteiger partial charge in [-0.2, -0.15) is 0 Å². The molecule has 0 amide bonds. The molecule has 196 valence electrons. The molecular weight excluding hydrogens is 513 g/mol. The lowest BCUT2D eigenvalue weighted by Gasteiger charge is -2.41. The van der Waals surface area contributed by atoms with Gasteiger partial charge in [-0.25, -0.2) is 0 Å². The van der Waals surface area contributed by atoms with Gasteiger partial charge < -0.3 is 8.54 Å². The summed E-state index contributed by atoms with van der Waals surface area (Å²) < 4.78 is 14.5. The zero-order chi connectivity index (χ0) is 26.9. The minimum atomic E-state index is -3.12. The SMILES string of the molecule is CC[Si](C=C[Si](O[Si](OC)(c1ccccc1)c1ccccc1)(c1ccccc1)c1ccccc1)(CC)CC. The molecule has 0 aliphatic rings. The molecule has 4 rings (SSSR count). The molecule has 0 saturated heterocycles. The largest absolute Gasteiger partial charge is 0.418 e. The Morgan fingerprint density at radius 1 is 0.500 bits per heavy atom. The Labute approximate surface area is 232 Å². The molecule has 0 unspecified atom stereocenters. The topological polar surface area (TPSA) is 18.5 Å². The zero-order valence-electron chi connectivity index (χ0n) is 23.1. The first kappa shape index (κ1) is 28.2. The van der Waals surface area contributed by atoms with Crippen LogP contribution in [0.4, 0.5) is 0 Å². The maximum atomic E-state index is 7.84. The maximum Gasteiger partial charge on any atom is 0.397 e. The molecule has 0 bridgehead atoms. The van der Waals surface area contributed by atoms with E-state index in [1.54, 1.807) is 0 Å². The molecular formula is C33H40O2Si3. The molecule has 2 nitrogen and oxygen atoms in total. The van der Waals surface area contributed by atoms with Gasteiger partial charge in [0.1, 0.15) is 0 Å². The Morgan fingerprint density at radius 2 is 0.842 bits per heavy atom. The first-order chi connectivity index (χ1) is 18.6. The first-order valence-corrected chi connectivity index (χ1v) is 20.3. The molecule has 4 aromatic rings. The van der Waals surface area contributed by atoms with Gasteiger partial charge in [-0.05, 0) is 20.7 Å². The van der Waals surface area contributed by atoms with E-state index in [9.17, 15) is 0 Å². The third kappa shape index (κ3) is 5.63. The molecule has 0 radical (unpaired) electrons. The van der Waals surface area contributed by atoms with E-state index in [0.29, 0.717) is 0 Å². The van der Waals surface area contributed by atoms with Gasteiger partial charge in [0.25, 0.3) is 8.32 Å². The van der Waals surface area contributed by atoms with Gasteiger partial charge in [-0.15, -0.1) is 0 Å². The lowest BCUT2D eigenvalue weighted by molar-refractivity contribution is 0.331. The van der Waals surface area contributed by atoms with E-state index in [4.69, 9.17) is 8.54 Å². The second kappa shape index (κ2) is 12.8. The maximum absolute atomic E-state index is 7.84. The molecule has 0 spiro atoms. The van der Waals surface area contributed by atoms with Gasteiger partial charge in [-0.3, -0.25) is 0 Å². The lowest BCUT2D eigenvalue weighted by atomic mass is 10.4. The average Bonchev–Trinajstić information content (AvgIpc) is 3.01. The quantitative estimate of drug-likeness (QED) is 0.207. The molecule has 4 aromatic carbocycles. The summed E-state index contributed by atoms with van der Waals surface area (Å²) >= 11 is 0. The highest BCUT2D eigenvalue weighted by Gasteiger charge is 2.51. The predicted octanol–water partition coefficient (Wildman–Crippen LogP) is 5.81. The summed E-state index contributed by atoms with van der Waals surface area (Å²) in [5, 5.41) is 4.73. The molecule has 0 heterocycles. The fraction of sp³-hybridized carbons (Fsp3) is 0.212. The smallest absolute Gasteiger partial charge is 0.397 e. The number of hydrogen-bond acceptors (Lipinski definition) is 2. The second-order valence-electron chi connectivity index (χ2n) is 9.88. The van der Waals surface area contributed by atoms with E-state index in [0.717, 1.165) is 10.4 Å². The van der Waals surface area contributed by atoms with Crippen LogP contribution in [0.5, 0.6) is 0 Å². The fourth-order valence-corrected chi connectivity index (χ4v) is 18.4. The van der Waals surface area contributed by atoms with Gasteiger partial charge >= 0.3 is 8.56 Å². The first-order valence-electron chi connectivity index (χ1n) is 13.8. The van der Waals surface area contributed by atoms with E-state index < -0.39 is 25.0 Å². The van der Waals surface area contributed by atoms with Gasteiger partial charge in [0.05, 0.1) is 8.07 Å². The van der Waals surface area contributed by atoms with Crippen LogP contribution in [0, 0.1) is 0 Å². The van der Waals surface area contributed by atoms with Crippen LogP contribution >= 0.6 is 0 Å². The van der Waals surface area contributed by atoms with Crippen LogP contribution in [-0.2, 0) is 8.54 Å². The predicted molar refractivity (Wildman–Crippen MR) is 170 cm³/mol. The summed E-state index contributed by atoms with van der Waals surface area (Å²) in [5.41, 5.74) is 5.14. The summed E-state index contributed by atoms with van der Waals surface area (Å²) in [6.07, 6.45) is 0. The van der Waals surface area contributed by atoms with Crippen molar-refractivity contribution < 1.29 is 8.54 Å². The van der Waals surface area contributed by atoms with Gasteiger partial charge in [0, 0.05) is 7.11 Å². The van der Waals surface area contributed by atoms with Crippen molar-refractivity contribution in [3.63, 3.8) is 0 Å². The minimum absolute atomic E-state index is 1.12. The molecule has 38 heavy (non-hydrogen) atoms. The highest BCUT2D eigenvalue weighted by atomic mass is 28.4. The minimum Gasteiger partial charge on any atom is -0.418 e. The normalized spacial score (nSPS) is 12.6. The van der Waals surface area contributed by atoms with E-state index in [1.807, 2.05) is 7.11 Å². The average molecular weight is 553 g/mol. The summed E-state index contributed by atoms with van der Waals surface area (Å²) in [7, 11) is -5.82. The Kier molecular flexibility index (Phi) is 9.52. The van der Waals surface area contributed by atoms with Crippen LogP contribution in [0.3, 0.4) is 0 Å². The standard InChI is InChI=1S/C33H40O2Si3/c1-5-36(6-2,7-3)28-29-37(30-20-12-8-13-21-30,31-22-14-9-15-23-31)35-38(34-4,32-24-16-10-17-25-32)33-26-18-11-19-27-33/h8-29H,5-7H2,1-4H3. The molecule has 5 heteroatoms. The number of rotatable bonds is 12. The molecule has 0 N–H and O–H groups in total. The van der Waals surface area contributed by atoms with Crippen molar-refractivity contribution in [1.82, 2.24) is 0 Å². The van der Waals surface area contributed by atoms with E-state index in [-0.39, 0.29) is 0 Å². The van der Waals surface area contributed by atoms with Gasteiger partial charge in [-0.1, -0.05) is 172 Å². The van der Waals surface area contributed by atoms with Crippen LogP contribution in [0.2, 0.25) is 18.1 Å².